The molecule has 0 amide bonds. The third-order valence-corrected chi connectivity index (χ3v) is 2.95. The molecule has 102 valence electrons. The molecule has 0 aromatic carbocycles. The first-order chi connectivity index (χ1) is 9.15. The largest absolute Gasteiger partial charge is 0.467 e. The zero-order valence-corrected chi connectivity index (χ0v) is 11.5. The minimum absolute atomic E-state index is 0.651. The zero-order valence-electron chi connectivity index (χ0n) is 11.5. The van der Waals surface area contributed by atoms with Gasteiger partial charge in [0.05, 0.1) is 12.8 Å². The average molecular weight is 261 g/mol. The van der Waals surface area contributed by atoms with Gasteiger partial charge in [-0.25, -0.2) is 15.8 Å². The van der Waals surface area contributed by atoms with E-state index in [1.54, 1.807) is 6.26 Å². The second-order valence-electron chi connectivity index (χ2n) is 4.37. The van der Waals surface area contributed by atoms with Crippen LogP contribution in [0.5, 0.6) is 0 Å². The summed E-state index contributed by atoms with van der Waals surface area (Å²) in [6, 6.07) is 3.82. The number of hydrogen-bond donors (Lipinski definition) is 2. The van der Waals surface area contributed by atoms with Crippen molar-refractivity contribution in [2.45, 2.75) is 26.8 Å². The lowest BCUT2D eigenvalue weighted by Crippen LogP contribution is -2.21. The van der Waals surface area contributed by atoms with Gasteiger partial charge in [0.2, 0.25) is 0 Å². The predicted octanol–water partition coefficient (Wildman–Crippen LogP) is 1.86. The highest BCUT2D eigenvalue weighted by Gasteiger charge is 2.14. The van der Waals surface area contributed by atoms with Crippen LogP contribution in [0.2, 0.25) is 0 Å². The number of anilines is 2. The first-order valence-electron chi connectivity index (χ1n) is 6.23. The van der Waals surface area contributed by atoms with Gasteiger partial charge in [-0.3, -0.25) is 0 Å². The molecule has 0 aliphatic rings. The van der Waals surface area contributed by atoms with Crippen molar-refractivity contribution in [1.82, 2.24) is 9.97 Å². The van der Waals surface area contributed by atoms with E-state index >= 15 is 0 Å². The Morgan fingerprint density at radius 3 is 2.79 bits per heavy atom. The van der Waals surface area contributed by atoms with Crippen LogP contribution >= 0.6 is 0 Å². The fraction of sp³-hybridized carbons (Fsp3) is 0.385. The number of nitrogens with one attached hydrogen (secondary N) is 1. The Labute approximate surface area is 112 Å². The van der Waals surface area contributed by atoms with Crippen LogP contribution in [0.25, 0.3) is 0 Å². The van der Waals surface area contributed by atoms with Crippen LogP contribution in [0.3, 0.4) is 0 Å². The summed E-state index contributed by atoms with van der Waals surface area (Å²) in [7, 11) is 1.97. The average Bonchev–Trinajstić information content (AvgIpc) is 2.91. The number of aryl methyl sites for hydroxylation is 1. The molecular weight excluding hydrogens is 242 g/mol. The van der Waals surface area contributed by atoms with Gasteiger partial charge in [0.25, 0.3) is 0 Å². The lowest BCUT2D eigenvalue weighted by molar-refractivity contribution is 0.506. The van der Waals surface area contributed by atoms with E-state index in [4.69, 9.17) is 10.3 Å². The molecule has 2 aromatic rings. The highest BCUT2D eigenvalue weighted by molar-refractivity contribution is 5.57. The van der Waals surface area contributed by atoms with E-state index in [0.29, 0.717) is 12.4 Å². The molecule has 0 saturated carbocycles. The monoisotopic (exact) mass is 261 g/mol. The molecule has 6 heteroatoms. The number of rotatable bonds is 5. The molecule has 0 bridgehead atoms. The summed E-state index contributed by atoms with van der Waals surface area (Å²) in [5.74, 6) is 8.67. The van der Waals surface area contributed by atoms with E-state index in [1.807, 2.05) is 37.9 Å². The molecule has 0 saturated heterocycles. The van der Waals surface area contributed by atoms with Crippen LogP contribution in [0.1, 0.15) is 24.1 Å². The van der Waals surface area contributed by atoms with Crippen molar-refractivity contribution in [1.29, 1.82) is 0 Å². The van der Waals surface area contributed by atoms with Crippen molar-refractivity contribution in [2.75, 3.05) is 17.4 Å². The van der Waals surface area contributed by atoms with Crippen LogP contribution in [-0.2, 0) is 13.0 Å². The van der Waals surface area contributed by atoms with Gasteiger partial charge in [-0.15, -0.1) is 0 Å². The smallest absolute Gasteiger partial charge is 0.148 e. The van der Waals surface area contributed by atoms with Gasteiger partial charge in [-0.05, 0) is 19.1 Å². The minimum Gasteiger partial charge on any atom is -0.467 e. The maximum Gasteiger partial charge on any atom is 0.148 e. The Balaban J connectivity index is 2.31. The molecule has 0 aliphatic carbocycles. The van der Waals surface area contributed by atoms with Crippen molar-refractivity contribution in [3.63, 3.8) is 0 Å². The number of hydrogen-bond acceptors (Lipinski definition) is 6. The summed E-state index contributed by atoms with van der Waals surface area (Å²) in [6.45, 7) is 4.61. The second-order valence-corrected chi connectivity index (χ2v) is 4.37. The normalized spacial score (nSPS) is 10.5. The molecule has 2 rings (SSSR count). The molecule has 0 unspecified atom stereocenters. The van der Waals surface area contributed by atoms with Crippen LogP contribution in [-0.4, -0.2) is 17.0 Å². The van der Waals surface area contributed by atoms with Gasteiger partial charge in [0.1, 0.15) is 23.2 Å². The summed E-state index contributed by atoms with van der Waals surface area (Å²) in [5, 5.41) is 0. The highest BCUT2D eigenvalue weighted by Crippen LogP contribution is 2.23. The molecule has 6 nitrogen and oxygen atoms in total. The standard InChI is InChI=1S/C13H19N5O/c1-4-11-15-12(17-14)9(2)13(16-11)18(3)8-10-6-5-7-19-10/h5-7H,4,8,14H2,1-3H3,(H,15,16,17). The molecule has 0 radical (unpaired) electrons. The number of nitrogens with zero attached hydrogens (tertiary/aromatic N) is 3. The first-order valence-corrected chi connectivity index (χ1v) is 6.23. The fourth-order valence-electron chi connectivity index (χ4n) is 1.93. The number of hydrazine groups is 1. The Kier molecular flexibility index (Phi) is 4.01. The van der Waals surface area contributed by atoms with Crippen LogP contribution in [0.4, 0.5) is 11.6 Å². The van der Waals surface area contributed by atoms with Crippen LogP contribution in [0, 0.1) is 6.92 Å². The van der Waals surface area contributed by atoms with Crippen molar-refractivity contribution in [3.05, 3.63) is 35.5 Å². The van der Waals surface area contributed by atoms with E-state index < -0.39 is 0 Å². The first kappa shape index (κ1) is 13.4. The summed E-state index contributed by atoms with van der Waals surface area (Å²) >= 11 is 0. The van der Waals surface area contributed by atoms with Crippen molar-refractivity contribution in [3.8, 4) is 0 Å². The molecule has 2 aromatic heterocycles. The van der Waals surface area contributed by atoms with Gasteiger partial charge in [-0.2, -0.15) is 0 Å². The minimum atomic E-state index is 0.651. The quantitative estimate of drug-likeness (QED) is 0.631. The third-order valence-electron chi connectivity index (χ3n) is 2.95. The Morgan fingerprint density at radius 2 is 2.21 bits per heavy atom. The molecule has 19 heavy (non-hydrogen) atoms. The molecular formula is C13H19N5O. The SMILES string of the molecule is CCc1nc(NN)c(C)c(N(C)Cc2ccco2)n1. The summed E-state index contributed by atoms with van der Waals surface area (Å²) in [6.07, 6.45) is 2.43. The summed E-state index contributed by atoms with van der Waals surface area (Å²) in [5.41, 5.74) is 3.55. The summed E-state index contributed by atoms with van der Waals surface area (Å²) < 4.78 is 5.35. The summed E-state index contributed by atoms with van der Waals surface area (Å²) in [4.78, 5) is 10.9. The van der Waals surface area contributed by atoms with Crippen molar-refractivity contribution in [2.24, 2.45) is 5.84 Å². The fourth-order valence-corrected chi connectivity index (χ4v) is 1.93. The number of nitrogen functional groups attached to an aromatic ring is 1. The van der Waals surface area contributed by atoms with E-state index in [1.165, 1.54) is 0 Å². The zero-order chi connectivity index (χ0) is 13.8. The van der Waals surface area contributed by atoms with Gasteiger partial charge < -0.3 is 14.7 Å². The van der Waals surface area contributed by atoms with Crippen LogP contribution < -0.4 is 16.2 Å². The molecule has 0 spiro atoms. The van der Waals surface area contributed by atoms with Gasteiger partial charge in [0.15, 0.2) is 0 Å². The molecule has 0 aliphatic heterocycles. The number of furan rings is 1. The molecule has 0 atom stereocenters. The molecule has 3 N–H and O–H groups in total. The lowest BCUT2D eigenvalue weighted by atomic mass is 10.2. The highest BCUT2D eigenvalue weighted by atomic mass is 16.3. The van der Waals surface area contributed by atoms with Gasteiger partial charge >= 0.3 is 0 Å². The van der Waals surface area contributed by atoms with E-state index in [2.05, 4.69) is 15.4 Å². The Bertz CT molecular complexity index is 538. The van der Waals surface area contributed by atoms with Crippen LogP contribution in [0.15, 0.2) is 22.8 Å². The van der Waals surface area contributed by atoms with Crippen molar-refractivity contribution >= 4 is 11.6 Å². The Morgan fingerprint density at radius 1 is 1.42 bits per heavy atom. The number of nitrogens with two attached hydrogens (primary N) is 1. The number of aromatic nitrogens is 2. The second kappa shape index (κ2) is 5.71. The molecule has 0 fully saturated rings. The van der Waals surface area contributed by atoms with Gasteiger partial charge in [-0.1, -0.05) is 6.92 Å². The van der Waals surface area contributed by atoms with E-state index in [-0.39, 0.29) is 0 Å². The topological polar surface area (TPSA) is 80.2 Å². The molecule has 2 heterocycles. The maximum absolute atomic E-state index is 5.50. The van der Waals surface area contributed by atoms with Gasteiger partial charge in [0, 0.05) is 19.0 Å². The third kappa shape index (κ3) is 2.85. The van der Waals surface area contributed by atoms with Crippen molar-refractivity contribution < 1.29 is 4.42 Å². The predicted molar refractivity (Wildman–Crippen MR) is 74.8 cm³/mol. The maximum atomic E-state index is 5.50. The lowest BCUT2D eigenvalue weighted by Gasteiger charge is -2.21. The van der Waals surface area contributed by atoms with E-state index in [9.17, 15) is 0 Å². The van der Waals surface area contributed by atoms with E-state index in [0.717, 1.165) is 29.4 Å². The Hall–Kier alpha value is -2.08.